The Morgan fingerprint density at radius 1 is 1.16 bits per heavy atom. The number of ether oxygens (including phenoxy) is 1. The van der Waals surface area contributed by atoms with E-state index in [9.17, 15) is 13.2 Å². The highest BCUT2D eigenvalue weighted by atomic mass is 35.5. The monoisotopic (exact) mass is 477 g/mol. The molecular formula is C20H20ClN5O5S. The zero-order chi connectivity index (χ0) is 23.5. The number of methoxy groups -OCH3 is 1. The third-order valence-electron chi connectivity index (χ3n) is 4.43. The van der Waals surface area contributed by atoms with Crippen LogP contribution in [0.2, 0.25) is 5.02 Å². The summed E-state index contributed by atoms with van der Waals surface area (Å²) < 4.78 is 30.3. The zero-order valence-electron chi connectivity index (χ0n) is 17.3. The summed E-state index contributed by atoms with van der Waals surface area (Å²) in [6.07, 6.45) is 2.48. The second kappa shape index (κ2) is 9.28. The number of carboxylic acids is 1. The maximum atomic E-state index is 12.0. The van der Waals surface area contributed by atoms with Crippen molar-refractivity contribution in [2.24, 2.45) is 0 Å². The van der Waals surface area contributed by atoms with Crippen LogP contribution in [0.4, 0.5) is 28.8 Å². The molecule has 1 aromatic heterocycles. The van der Waals surface area contributed by atoms with Gasteiger partial charge in [-0.2, -0.15) is 4.98 Å². The van der Waals surface area contributed by atoms with E-state index >= 15 is 0 Å². The summed E-state index contributed by atoms with van der Waals surface area (Å²) in [6.45, 7) is 0. The van der Waals surface area contributed by atoms with Crippen LogP contribution in [0.1, 0.15) is 10.4 Å². The topological polar surface area (TPSA) is 134 Å². The minimum absolute atomic E-state index is 0.0679. The quantitative estimate of drug-likeness (QED) is 0.443. The number of nitrogens with zero attached hydrogens (tertiary/aromatic N) is 3. The van der Waals surface area contributed by atoms with Gasteiger partial charge in [-0.05, 0) is 30.3 Å². The Balaban J connectivity index is 1.93. The minimum Gasteiger partial charge on any atom is -0.495 e. The summed E-state index contributed by atoms with van der Waals surface area (Å²) in [4.78, 5) is 19.7. The van der Waals surface area contributed by atoms with Crippen LogP contribution >= 0.6 is 11.6 Å². The molecule has 10 nitrogen and oxygen atoms in total. The molecule has 168 valence electrons. The highest BCUT2D eigenvalue weighted by Crippen LogP contribution is 2.33. The molecule has 0 spiro atoms. The fraction of sp³-hybridized carbons (Fsp3) is 0.150. The molecule has 0 aliphatic heterocycles. The highest BCUT2D eigenvalue weighted by Gasteiger charge is 2.17. The van der Waals surface area contributed by atoms with Crippen LogP contribution in [0, 0.1) is 0 Å². The van der Waals surface area contributed by atoms with Gasteiger partial charge >= 0.3 is 5.97 Å². The molecule has 0 aliphatic carbocycles. The number of rotatable bonds is 8. The van der Waals surface area contributed by atoms with Crippen molar-refractivity contribution in [3.8, 4) is 5.75 Å². The number of anilines is 5. The van der Waals surface area contributed by atoms with Gasteiger partial charge in [0.25, 0.3) is 0 Å². The number of aromatic carboxylic acids is 1. The summed E-state index contributed by atoms with van der Waals surface area (Å²) in [6, 6.07) is 11.1. The van der Waals surface area contributed by atoms with Crippen molar-refractivity contribution in [1.82, 2.24) is 9.97 Å². The average Bonchev–Trinajstić information content (AvgIpc) is 2.75. The predicted molar refractivity (Wildman–Crippen MR) is 123 cm³/mol. The van der Waals surface area contributed by atoms with Crippen molar-refractivity contribution in [2.45, 2.75) is 0 Å². The highest BCUT2D eigenvalue weighted by molar-refractivity contribution is 7.92. The van der Waals surface area contributed by atoms with Gasteiger partial charge in [-0.3, -0.25) is 4.31 Å². The molecule has 0 saturated carbocycles. The number of nitrogens with one attached hydrogen (secondary N) is 2. The molecule has 0 atom stereocenters. The van der Waals surface area contributed by atoms with Crippen LogP contribution in [0.15, 0.2) is 48.7 Å². The SMILES string of the molecule is COc1cc(C(=O)O)ccc1Nc1ncc(Cl)c(Nc2ccccc2N(C)S(C)(=O)=O)n1. The van der Waals surface area contributed by atoms with Crippen LogP contribution in [-0.2, 0) is 10.0 Å². The minimum atomic E-state index is -3.49. The number of sulfonamides is 1. The van der Waals surface area contributed by atoms with Gasteiger partial charge in [0.05, 0.1) is 42.2 Å². The predicted octanol–water partition coefficient (Wildman–Crippen LogP) is 3.72. The van der Waals surface area contributed by atoms with Gasteiger partial charge in [0.1, 0.15) is 10.8 Å². The fourth-order valence-electron chi connectivity index (χ4n) is 2.72. The second-order valence-electron chi connectivity index (χ2n) is 6.61. The lowest BCUT2D eigenvalue weighted by Crippen LogP contribution is -2.25. The number of hydrogen-bond acceptors (Lipinski definition) is 8. The molecule has 3 rings (SSSR count). The molecule has 3 N–H and O–H groups in total. The average molecular weight is 478 g/mol. The van der Waals surface area contributed by atoms with Crippen molar-refractivity contribution in [2.75, 3.05) is 35.4 Å². The first-order valence-corrected chi connectivity index (χ1v) is 11.3. The second-order valence-corrected chi connectivity index (χ2v) is 9.03. The smallest absolute Gasteiger partial charge is 0.335 e. The van der Waals surface area contributed by atoms with E-state index in [0.717, 1.165) is 10.6 Å². The molecular weight excluding hydrogens is 458 g/mol. The standard InChI is InChI=1S/C20H20ClN5O5S/c1-26(32(3,29)30)16-7-5-4-6-14(16)23-18-13(21)11-22-20(25-18)24-15-9-8-12(19(27)28)10-17(15)31-2/h4-11H,1-3H3,(H,27,28)(H2,22,23,24,25). The van der Waals surface area contributed by atoms with Gasteiger partial charge in [0, 0.05) is 7.05 Å². The lowest BCUT2D eigenvalue weighted by Gasteiger charge is -2.21. The molecule has 1 heterocycles. The van der Waals surface area contributed by atoms with Gasteiger partial charge in [-0.25, -0.2) is 18.2 Å². The normalized spacial score (nSPS) is 11.0. The molecule has 0 fully saturated rings. The number of benzene rings is 2. The van der Waals surface area contributed by atoms with Crippen LogP contribution in [-0.4, -0.2) is 49.9 Å². The maximum Gasteiger partial charge on any atom is 0.335 e. The molecule has 3 aromatic rings. The van der Waals surface area contributed by atoms with E-state index in [4.69, 9.17) is 21.4 Å². The molecule has 0 unspecified atom stereocenters. The van der Waals surface area contributed by atoms with Gasteiger partial charge in [-0.1, -0.05) is 23.7 Å². The van der Waals surface area contributed by atoms with Crippen LogP contribution in [0.25, 0.3) is 0 Å². The molecule has 0 radical (unpaired) electrons. The summed E-state index contributed by atoms with van der Waals surface area (Å²) in [5.41, 5.74) is 1.39. The number of halogens is 1. The van der Waals surface area contributed by atoms with Crippen molar-refractivity contribution in [3.63, 3.8) is 0 Å². The van der Waals surface area contributed by atoms with Gasteiger partial charge < -0.3 is 20.5 Å². The first-order chi connectivity index (χ1) is 15.1. The maximum absolute atomic E-state index is 12.0. The third kappa shape index (κ3) is 5.18. The Hall–Kier alpha value is -3.57. The molecule has 0 aliphatic rings. The summed E-state index contributed by atoms with van der Waals surface area (Å²) >= 11 is 6.25. The number of hydrogen-bond donors (Lipinski definition) is 3. The molecule has 2 aromatic carbocycles. The fourth-order valence-corrected chi connectivity index (χ4v) is 3.38. The Labute approximate surface area is 189 Å². The number of carbonyl (C=O) groups is 1. The lowest BCUT2D eigenvalue weighted by molar-refractivity contribution is 0.0696. The Bertz CT molecular complexity index is 1270. The van der Waals surface area contributed by atoms with Crippen molar-refractivity contribution >= 4 is 56.4 Å². The van der Waals surface area contributed by atoms with E-state index in [1.54, 1.807) is 24.3 Å². The van der Waals surface area contributed by atoms with E-state index in [-0.39, 0.29) is 28.1 Å². The summed E-state index contributed by atoms with van der Waals surface area (Å²) in [5.74, 6) is -0.397. The Kier molecular flexibility index (Phi) is 6.70. The number of para-hydroxylation sites is 2. The molecule has 32 heavy (non-hydrogen) atoms. The molecule has 12 heteroatoms. The largest absolute Gasteiger partial charge is 0.495 e. The van der Waals surface area contributed by atoms with Crippen LogP contribution in [0.3, 0.4) is 0 Å². The van der Waals surface area contributed by atoms with E-state index in [0.29, 0.717) is 17.1 Å². The van der Waals surface area contributed by atoms with Crippen molar-refractivity contribution in [3.05, 3.63) is 59.2 Å². The van der Waals surface area contributed by atoms with E-state index in [1.807, 2.05) is 0 Å². The van der Waals surface area contributed by atoms with E-state index in [2.05, 4.69) is 20.6 Å². The first kappa shape index (κ1) is 23.1. The first-order valence-electron chi connectivity index (χ1n) is 9.11. The van der Waals surface area contributed by atoms with Crippen LogP contribution in [0.5, 0.6) is 5.75 Å². The van der Waals surface area contributed by atoms with E-state index < -0.39 is 16.0 Å². The Morgan fingerprint density at radius 2 is 1.88 bits per heavy atom. The molecule has 0 amide bonds. The third-order valence-corrected chi connectivity index (χ3v) is 5.90. The van der Waals surface area contributed by atoms with Gasteiger partial charge in [-0.15, -0.1) is 0 Å². The van der Waals surface area contributed by atoms with Gasteiger partial charge in [0.15, 0.2) is 5.82 Å². The number of aromatic nitrogens is 2. The van der Waals surface area contributed by atoms with Crippen molar-refractivity contribution < 1.29 is 23.1 Å². The van der Waals surface area contributed by atoms with E-state index in [1.165, 1.54) is 38.6 Å². The molecule has 0 saturated heterocycles. The van der Waals surface area contributed by atoms with Crippen molar-refractivity contribution in [1.29, 1.82) is 0 Å². The summed E-state index contributed by atoms with van der Waals surface area (Å²) in [5, 5.41) is 15.3. The lowest BCUT2D eigenvalue weighted by atomic mass is 10.2. The van der Waals surface area contributed by atoms with Crippen LogP contribution < -0.4 is 19.7 Å². The zero-order valence-corrected chi connectivity index (χ0v) is 18.9. The molecule has 0 bridgehead atoms. The number of carboxylic acid groups (broad SMARTS) is 1. The van der Waals surface area contributed by atoms with Gasteiger partial charge in [0.2, 0.25) is 16.0 Å². The summed E-state index contributed by atoms with van der Waals surface area (Å²) in [7, 11) is -0.632. The Morgan fingerprint density at radius 3 is 2.53 bits per heavy atom.